The Morgan fingerprint density at radius 1 is 0.848 bits per heavy atom. The lowest BCUT2D eigenvalue weighted by molar-refractivity contribution is 0.0944. The summed E-state index contributed by atoms with van der Waals surface area (Å²) in [6.07, 6.45) is 0.532. The summed E-state index contributed by atoms with van der Waals surface area (Å²) in [5.41, 5.74) is 2.17. The molecule has 0 radical (unpaired) electrons. The molecule has 1 aromatic heterocycles. The van der Waals surface area contributed by atoms with Gasteiger partial charge in [0.05, 0.1) is 6.54 Å². The zero-order valence-electron chi connectivity index (χ0n) is 17.9. The molecule has 4 rings (SSSR count). The number of nitrogens with one attached hydrogen (secondary N) is 2. The lowest BCUT2D eigenvalue weighted by Gasteiger charge is -2.12. The quantitative estimate of drug-likeness (QED) is 0.357. The molecule has 3 aromatic carbocycles. The highest BCUT2D eigenvalue weighted by molar-refractivity contribution is 5.99. The summed E-state index contributed by atoms with van der Waals surface area (Å²) in [6.45, 7) is 0.969. The first-order chi connectivity index (χ1) is 16.0. The fraction of sp³-hybridized carbons (Fsp3) is 0.154. The first-order valence-corrected chi connectivity index (χ1v) is 10.7. The zero-order valence-corrected chi connectivity index (χ0v) is 17.9. The molecule has 0 aliphatic rings. The van der Waals surface area contributed by atoms with Crippen LogP contribution in [0, 0.1) is 5.82 Å². The molecule has 3 N–H and O–H groups in total. The monoisotopic (exact) mass is 445 g/mol. The normalized spacial score (nSPS) is 10.8. The van der Waals surface area contributed by atoms with Gasteiger partial charge in [0.1, 0.15) is 17.3 Å². The molecule has 2 amide bonds. The SMILES string of the molecule is O=C(NCCCNC(=O)c1cc2ccccc2n1Cc1ccccc1F)c1cccc(O)c1. The van der Waals surface area contributed by atoms with Gasteiger partial charge in [0.15, 0.2) is 0 Å². The number of phenols is 1. The highest BCUT2D eigenvalue weighted by Crippen LogP contribution is 2.22. The molecule has 33 heavy (non-hydrogen) atoms. The van der Waals surface area contributed by atoms with Crippen molar-refractivity contribution in [2.24, 2.45) is 0 Å². The number of fused-ring (bicyclic) bond motifs is 1. The van der Waals surface area contributed by atoms with E-state index in [-0.39, 0.29) is 29.9 Å². The highest BCUT2D eigenvalue weighted by atomic mass is 19.1. The summed E-state index contributed by atoms with van der Waals surface area (Å²) in [4.78, 5) is 25.0. The molecular formula is C26H24FN3O3. The van der Waals surface area contributed by atoms with Crippen LogP contribution in [0.3, 0.4) is 0 Å². The summed E-state index contributed by atoms with van der Waals surface area (Å²) in [5, 5.41) is 16.0. The number of para-hydroxylation sites is 1. The van der Waals surface area contributed by atoms with E-state index >= 15 is 0 Å². The lowest BCUT2D eigenvalue weighted by atomic mass is 10.2. The van der Waals surface area contributed by atoms with Crippen molar-refractivity contribution in [1.29, 1.82) is 0 Å². The predicted octanol–water partition coefficient (Wildman–Crippen LogP) is 4.08. The van der Waals surface area contributed by atoms with Crippen LogP contribution in [0.25, 0.3) is 10.9 Å². The van der Waals surface area contributed by atoms with Crippen molar-refractivity contribution in [1.82, 2.24) is 15.2 Å². The van der Waals surface area contributed by atoms with Crippen molar-refractivity contribution in [2.75, 3.05) is 13.1 Å². The van der Waals surface area contributed by atoms with Gasteiger partial charge in [0.2, 0.25) is 0 Å². The van der Waals surface area contributed by atoms with Crippen molar-refractivity contribution in [3.63, 3.8) is 0 Å². The molecule has 0 atom stereocenters. The number of carbonyl (C=O) groups excluding carboxylic acids is 2. The molecule has 1 heterocycles. The van der Waals surface area contributed by atoms with Gasteiger partial charge in [-0.25, -0.2) is 4.39 Å². The number of nitrogens with zero attached hydrogens (tertiary/aromatic N) is 1. The van der Waals surface area contributed by atoms with Crippen LogP contribution in [0.5, 0.6) is 5.75 Å². The molecule has 168 valence electrons. The molecule has 0 saturated carbocycles. The van der Waals surface area contributed by atoms with Crippen LogP contribution < -0.4 is 10.6 Å². The Morgan fingerprint density at radius 2 is 1.58 bits per heavy atom. The minimum Gasteiger partial charge on any atom is -0.508 e. The standard InChI is InChI=1S/C26H24FN3O3/c27-22-11-3-1-8-20(22)17-30-23-12-4-2-7-18(23)16-24(30)26(33)29-14-6-13-28-25(32)19-9-5-10-21(31)15-19/h1-5,7-12,15-16,31H,6,13-14,17H2,(H,28,32)(H,29,33). The topological polar surface area (TPSA) is 83.4 Å². The van der Waals surface area contributed by atoms with Crippen molar-refractivity contribution in [2.45, 2.75) is 13.0 Å². The van der Waals surface area contributed by atoms with Gasteiger partial charge in [-0.3, -0.25) is 9.59 Å². The van der Waals surface area contributed by atoms with Gasteiger partial charge < -0.3 is 20.3 Å². The number of aromatic hydroxyl groups is 1. The number of carbonyl (C=O) groups is 2. The summed E-state index contributed by atoms with van der Waals surface area (Å²) < 4.78 is 16.1. The molecule has 6 nitrogen and oxygen atoms in total. The largest absolute Gasteiger partial charge is 0.508 e. The minimum atomic E-state index is -0.316. The molecule has 4 aromatic rings. The van der Waals surface area contributed by atoms with E-state index in [4.69, 9.17) is 0 Å². The van der Waals surface area contributed by atoms with Gasteiger partial charge in [0.25, 0.3) is 11.8 Å². The van der Waals surface area contributed by atoms with Gasteiger partial charge in [-0.15, -0.1) is 0 Å². The second-order valence-corrected chi connectivity index (χ2v) is 7.68. The van der Waals surface area contributed by atoms with Gasteiger partial charge in [-0.2, -0.15) is 0 Å². The molecule has 0 aliphatic carbocycles. The predicted molar refractivity (Wildman–Crippen MR) is 125 cm³/mol. The molecule has 0 saturated heterocycles. The van der Waals surface area contributed by atoms with Crippen molar-refractivity contribution >= 4 is 22.7 Å². The van der Waals surface area contributed by atoms with E-state index in [1.807, 2.05) is 28.8 Å². The fourth-order valence-electron chi connectivity index (χ4n) is 3.70. The maximum Gasteiger partial charge on any atom is 0.267 e. The molecule has 0 fully saturated rings. The molecule has 7 heteroatoms. The Bertz CT molecular complexity index is 1300. The smallest absolute Gasteiger partial charge is 0.267 e. The van der Waals surface area contributed by atoms with E-state index in [1.54, 1.807) is 36.4 Å². The third-order valence-corrected chi connectivity index (χ3v) is 5.36. The Balaban J connectivity index is 1.39. The number of amides is 2. The Labute approximate surface area is 190 Å². The third-order valence-electron chi connectivity index (χ3n) is 5.36. The summed E-state index contributed by atoms with van der Waals surface area (Å²) in [7, 11) is 0. The molecule has 0 unspecified atom stereocenters. The highest BCUT2D eigenvalue weighted by Gasteiger charge is 2.16. The number of rotatable bonds is 8. The van der Waals surface area contributed by atoms with E-state index in [2.05, 4.69) is 10.6 Å². The number of benzene rings is 3. The van der Waals surface area contributed by atoms with Crippen LogP contribution in [-0.4, -0.2) is 34.6 Å². The van der Waals surface area contributed by atoms with E-state index in [0.29, 0.717) is 36.3 Å². The first-order valence-electron chi connectivity index (χ1n) is 10.7. The van der Waals surface area contributed by atoms with Gasteiger partial charge in [0, 0.05) is 35.1 Å². The second kappa shape index (κ2) is 9.99. The molecule has 0 bridgehead atoms. The number of halogens is 1. The average Bonchev–Trinajstić information content (AvgIpc) is 3.18. The Kier molecular flexibility index (Phi) is 6.69. The number of hydrogen-bond donors (Lipinski definition) is 3. The Morgan fingerprint density at radius 3 is 2.36 bits per heavy atom. The fourth-order valence-corrected chi connectivity index (χ4v) is 3.70. The van der Waals surface area contributed by atoms with Crippen LogP contribution in [0.1, 0.15) is 32.8 Å². The van der Waals surface area contributed by atoms with E-state index < -0.39 is 0 Å². The van der Waals surface area contributed by atoms with Gasteiger partial charge in [-0.05, 0) is 42.8 Å². The van der Waals surface area contributed by atoms with Crippen molar-refractivity contribution in [3.8, 4) is 5.75 Å². The number of hydrogen-bond acceptors (Lipinski definition) is 3. The molecular weight excluding hydrogens is 421 g/mol. The van der Waals surface area contributed by atoms with Crippen LogP contribution in [0.4, 0.5) is 4.39 Å². The van der Waals surface area contributed by atoms with Crippen LogP contribution >= 0.6 is 0 Å². The van der Waals surface area contributed by atoms with E-state index in [0.717, 1.165) is 10.9 Å². The zero-order chi connectivity index (χ0) is 23.2. The molecule has 0 spiro atoms. The first kappa shape index (κ1) is 22.1. The third kappa shape index (κ3) is 5.20. The number of aromatic nitrogens is 1. The van der Waals surface area contributed by atoms with E-state index in [9.17, 15) is 19.1 Å². The van der Waals surface area contributed by atoms with Crippen LogP contribution in [0.2, 0.25) is 0 Å². The lowest BCUT2D eigenvalue weighted by Crippen LogP contribution is -2.31. The second-order valence-electron chi connectivity index (χ2n) is 7.68. The summed E-state index contributed by atoms with van der Waals surface area (Å²) in [6, 6.07) is 22.0. The van der Waals surface area contributed by atoms with Crippen molar-refractivity contribution in [3.05, 3.63) is 102 Å². The average molecular weight is 445 g/mol. The van der Waals surface area contributed by atoms with E-state index in [1.165, 1.54) is 18.2 Å². The number of phenolic OH excluding ortho intramolecular Hbond substituents is 1. The Hall–Kier alpha value is -4.13. The van der Waals surface area contributed by atoms with Gasteiger partial charge >= 0.3 is 0 Å². The van der Waals surface area contributed by atoms with Gasteiger partial charge in [-0.1, -0.05) is 42.5 Å². The van der Waals surface area contributed by atoms with Crippen molar-refractivity contribution < 1.29 is 19.1 Å². The summed E-state index contributed by atoms with van der Waals surface area (Å²) in [5.74, 6) is -0.839. The van der Waals surface area contributed by atoms with Crippen LogP contribution in [-0.2, 0) is 6.54 Å². The maximum atomic E-state index is 14.2. The maximum absolute atomic E-state index is 14.2. The van der Waals surface area contributed by atoms with Crippen LogP contribution in [0.15, 0.2) is 78.9 Å². The molecule has 0 aliphatic heterocycles. The minimum absolute atomic E-state index is 0.0284. The summed E-state index contributed by atoms with van der Waals surface area (Å²) >= 11 is 0.